The fourth-order valence-corrected chi connectivity index (χ4v) is 3.54. The highest BCUT2D eigenvalue weighted by molar-refractivity contribution is 6.31. The molecule has 5 heteroatoms. The predicted molar refractivity (Wildman–Crippen MR) is 120 cm³/mol. The molecule has 0 aliphatic carbocycles. The van der Waals surface area contributed by atoms with Gasteiger partial charge in [0.1, 0.15) is 5.82 Å². The number of fused-ring (bicyclic) bond motifs is 1. The Morgan fingerprint density at radius 1 is 1.21 bits per heavy atom. The summed E-state index contributed by atoms with van der Waals surface area (Å²) in [5.41, 5.74) is 4.39. The van der Waals surface area contributed by atoms with Crippen molar-refractivity contribution in [2.75, 3.05) is 6.61 Å². The minimum atomic E-state index is -0.322. The Kier molecular flexibility index (Phi) is 7.10. The Balaban J connectivity index is 1.87. The summed E-state index contributed by atoms with van der Waals surface area (Å²) in [5, 5.41) is 0.727. The fourth-order valence-electron chi connectivity index (χ4n) is 3.29. The molecule has 152 valence electrons. The second-order valence-electron chi connectivity index (χ2n) is 7.06. The summed E-state index contributed by atoms with van der Waals surface area (Å²) >= 11 is 6.57. The van der Waals surface area contributed by atoms with Crippen molar-refractivity contribution in [3.05, 3.63) is 70.0 Å². The number of nitrogens with zero attached hydrogens (tertiary/aromatic N) is 2. The maximum atomic E-state index is 12.1. The molecule has 0 N–H and O–H groups in total. The van der Waals surface area contributed by atoms with Gasteiger partial charge in [0.25, 0.3) is 0 Å². The number of aromatic nitrogens is 2. The van der Waals surface area contributed by atoms with Crippen LogP contribution in [0, 0.1) is 6.92 Å². The average molecular weight is 411 g/mol. The summed E-state index contributed by atoms with van der Waals surface area (Å²) in [5.74, 6) is 0.553. The number of rotatable bonds is 8. The molecule has 0 fully saturated rings. The Hall–Kier alpha value is -2.59. The molecule has 3 aromatic rings. The van der Waals surface area contributed by atoms with Crippen molar-refractivity contribution in [1.29, 1.82) is 0 Å². The quantitative estimate of drug-likeness (QED) is 0.317. The second kappa shape index (κ2) is 9.75. The number of hydrogen-bond donors (Lipinski definition) is 0. The van der Waals surface area contributed by atoms with Crippen LogP contribution in [0.1, 0.15) is 60.4 Å². The molecule has 0 aliphatic rings. The second-order valence-corrected chi connectivity index (χ2v) is 7.47. The van der Waals surface area contributed by atoms with Gasteiger partial charge in [-0.15, -0.1) is 0 Å². The normalized spacial score (nSPS) is 11.4. The number of carbonyl (C=O) groups is 1. The third-order valence-corrected chi connectivity index (χ3v) is 5.24. The molecule has 0 unspecified atom stereocenters. The van der Waals surface area contributed by atoms with Gasteiger partial charge in [0.15, 0.2) is 0 Å². The molecular weight excluding hydrogens is 384 g/mol. The zero-order chi connectivity index (χ0) is 20.8. The van der Waals surface area contributed by atoms with E-state index in [0.29, 0.717) is 18.7 Å². The first kappa shape index (κ1) is 21.1. The lowest BCUT2D eigenvalue weighted by molar-refractivity contribution is 0.0526. The van der Waals surface area contributed by atoms with Crippen molar-refractivity contribution in [3.8, 4) is 0 Å². The SMILES string of the molecule is CCCCC=Cc1ccc(Cn2c(C)nc3ccc(C(=O)OCC)cc32)c(Cl)c1. The topological polar surface area (TPSA) is 44.1 Å². The van der Waals surface area contributed by atoms with Gasteiger partial charge in [0, 0.05) is 5.02 Å². The van der Waals surface area contributed by atoms with Gasteiger partial charge >= 0.3 is 5.97 Å². The number of esters is 1. The number of hydrogen-bond acceptors (Lipinski definition) is 3. The zero-order valence-corrected chi connectivity index (χ0v) is 18.0. The number of aryl methyl sites for hydroxylation is 1. The fraction of sp³-hybridized carbons (Fsp3) is 0.333. The molecule has 0 aliphatic heterocycles. The number of carbonyl (C=O) groups excluding carboxylic acids is 1. The van der Waals surface area contributed by atoms with Crippen LogP contribution in [-0.2, 0) is 11.3 Å². The third-order valence-electron chi connectivity index (χ3n) is 4.89. The minimum absolute atomic E-state index is 0.322. The Morgan fingerprint density at radius 2 is 2.03 bits per heavy atom. The van der Waals surface area contributed by atoms with E-state index in [2.05, 4.69) is 40.8 Å². The molecule has 2 aromatic carbocycles. The van der Waals surface area contributed by atoms with Crippen LogP contribution in [0.3, 0.4) is 0 Å². The van der Waals surface area contributed by atoms with Crippen LogP contribution in [0.5, 0.6) is 0 Å². The molecule has 0 amide bonds. The van der Waals surface area contributed by atoms with E-state index < -0.39 is 0 Å². The van der Waals surface area contributed by atoms with Crippen LogP contribution >= 0.6 is 11.6 Å². The van der Waals surface area contributed by atoms with Gasteiger partial charge in [0.05, 0.1) is 29.7 Å². The van der Waals surface area contributed by atoms with Crippen LogP contribution in [0.15, 0.2) is 42.5 Å². The third kappa shape index (κ3) is 5.07. The Morgan fingerprint density at radius 3 is 2.76 bits per heavy atom. The largest absolute Gasteiger partial charge is 0.462 e. The molecule has 0 saturated carbocycles. The number of unbranched alkanes of at least 4 members (excludes halogenated alkanes) is 2. The smallest absolute Gasteiger partial charge is 0.338 e. The van der Waals surface area contributed by atoms with Gasteiger partial charge in [-0.25, -0.2) is 9.78 Å². The average Bonchev–Trinajstić information content (AvgIpc) is 3.02. The number of halogens is 1. The van der Waals surface area contributed by atoms with Gasteiger partial charge in [-0.2, -0.15) is 0 Å². The van der Waals surface area contributed by atoms with E-state index in [1.165, 1.54) is 12.8 Å². The molecule has 1 heterocycles. The Bertz CT molecular complexity index is 1040. The summed E-state index contributed by atoms with van der Waals surface area (Å²) in [7, 11) is 0. The number of benzene rings is 2. The van der Waals surface area contributed by atoms with Crippen molar-refractivity contribution in [2.45, 2.75) is 46.6 Å². The lowest BCUT2D eigenvalue weighted by atomic mass is 10.1. The van der Waals surface area contributed by atoms with E-state index in [4.69, 9.17) is 16.3 Å². The Labute approximate surface area is 177 Å². The van der Waals surface area contributed by atoms with Crippen LogP contribution in [0.25, 0.3) is 17.1 Å². The lowest BCUT2D eigenvalue weighted by Crippen LogP contribution is -2.06. The maximum absolute atomic E-state index is 12.1. The van der Waals surface area contributed by atoms with Crippen molar-refractivity contribution in [1.82, 2.24) is 9.55 Å². The first-order valence-electron chi connectivity index (χ1n) is 10.1. The van der Waals surface area contributed by atoms with Crippen molar-refractivity contribution < 1.29 is 9.53 Å². The van der Waals surface area contributed by atoms with E-state index in [-0.39, 0.29) is 5.97 Å². The standard InChI is InChI=1S/C24H27ClN2O2/c1-4-6-7-8-9-18-10-11-20(21(25)14-18)16-27-17(3)26-22-13-12-19(15-23(22)27)24(28)29-5-2/h8-15H,4-7,16H2,1-3H3. The van der Waals surface area contributed by atoms with E-state index >= 15 is 0 Å². The number of imidazole rings is 1. The molecule has 1 aromatic heterocycles. The summed E-state index contributed by atoms with van der Waals surface area (Å²) in [6, 6.07) is 11.6. The monoisotopic (exact) mass is 410 g/mol. The maximum Gasteiger partial charge on any atom is 0.338 e. The molecule has 0 spiro atoms. The predicted octanol–water partition coefficient (Wildman–Crippen LogP) is 6.43. The van der Waals surface area contributed by atoms with E-state index in [1.807, 2.05) is 25.1 Å². The highest BCUT2D eigenvalue weighted by Gasteiger charge is 2.13. The molecule has 0 atom stereocenters. The summed E-state index contributed by atoms with van der Waals surface area (Å²) < 4.78 is 7.20. The van der Waals surface area contributed by atoms with Crippen LogP contribution in [-0.4, -0.2) is 22.1 Å². The molecule has 0 bridgehead atoms. The molecule has 29 heavy (non-hydrogen) atoms. The van der Waals surface area contributed by atoms with E-state index in [9.17, 15) is 4.79 Å². The van der Waals surface area contributed by atoms with Gasteiger partial charge in [-0.05, 0) is 55.7 Å². The minimum Gasteiger partial charge on any atom is -0.462 e. The van der Waals surface area contributed by atoms with Crippen LogP contribution < -0.4 is 0 Å². The van der Waals surface area contributed by atoms with Gasteiger partial charge < -0.3 is 9.30 Å². The van der Waals surface area contributed by atoms with Gasteiger partial charge in [0.2, 0.25) is 0 Å². The summed E-state index contributed by atoms with van der Waals surface area (Å²) in [6.07, 6.45) is 7.79. The van der Waals surface area contributed by atoms with E-state index in [0.717, 1.165) is 39.4 Å². The molecule has 4 nitrogen and oxygen atoms in total. The molecule has 0 radical (unpaired) electrons. The van der Waals surface area contributed by atoms with Crippen molar-refractivity contribution in [3.63, 3.8) is 0 Å². The number of allylic oxidation sites excluding steroid dienone is 1. The van der Waals surface area contributed by atoms with Crippen molar-refractivity contribution >= 4 is 34.7 Å². The van der Waals surface area contributed by atoms with Crippen LogP contribution in [0.4, 0.5) is 0 Å². The first-order chi connectivity index (χ1) is 14.0. The zero-order valence-electron chi connectivity index (χ0n) is 17.2. The van der Waals surface area contributed by atoms with E-state index in [1.54, 1.807) is 13.0 Å². The summed E-state index contributed by atoms with van der Waals surface area (Å²) in [6.45, 7) is 6.90. The molecular formula is C24H27ClN2O2. The van der Waals surface area contributed by atoms with Crippen molar-refractivity contribution in [2.24, 2.45) is 0 Å². The van der Waals surface area contributed by atoms with Gasteiger partial charge in [-0.3, -0.25) is 0 Å². The highest BCUT2D eigenvalue weighted by Crippen LogP contribution is 2.24. The first-order valence-corrected chi connectivity index (χ1v) is 10.5. The molecule has 0 saturated heterocycles. The van der Waals surface area contributed by atoms with Crippen LogP contribution in [0.2, 0.25) is 5.02 Å². The molecule has 3 rings (SSSR count). The lowest BCUT2D eigenvalue weighted by Gasteiger charge is -2.10. The summed E-state index contributed by atoms with van der Waals surface area (Å²) in [4.78, 5) is 16.7. The highest BCUT2D eigenvalue weighted by atomic mass is 35.5. The number of ether oxygens (including phenoxy) is 1. The van der Waals surface area contributed by atoms with Gasteiger partial charge in [-0.1, -0.05) is 55.7 Å².